The molecule has 17 heavy (non-hydrogen) atoms. The van der Waals surface area contributed by atoms with Gasteiger partial charge in [0, 0.05) is 26.1 Å². The fourth-order valence-corrected chi connectivity index (χ4v) is 2.12. The molecule has 3 N–H and O–H groups in total. The first-order valence-corrected chi connectivity index (χ1v) is 5.83. The number of aromatic carboxylic acids is 1. The van der Waals surface area contributed by atoms with Crippen molar-refractivity contribution in [3.63, 3.8) is 0 Å². The summed E-state index contributed by atoms with van der Waals surface area (Å²) in [4.78, 5) is 13.6. The average molecular weight is 250 g/mol. The molecule has 0 atom stereocenters. The van der Waals surface area contributed by atoms with Gasteiger partial charge in [-0.05, 0) is 23.3 Å². The van der Waals surface area contributed by atoms with E-state index in [1.54, 1.807) is 12.1 Å². The van der Waals surface area contributed by atoms with Crippen molar-refractivity contribution in [1.82, 2.24) is 4.90 Å². The van der Waals surface area contributed by atoms with Crippen LogP contribution in [0.3, 0.4) is 0 Å². The number of carboxylic acids is 1. The first kappa shape index (κ1) is 12.0. The lowest BCUT2D eigenvalue weighted by Gasteiger charge is -2.13. The van der Waals surface area contributed by atoms with Gasteiger partial charge in [-0.25, -0.2) is 4.79 Å². The van der Waals surface area contributed by atoms with Crippen LogP contribution in [0.1, 0.15) is 27.9 Å². The van der Waals surface area contributed by atoms with E-state index < -0.39 is 5.97 Å². The molecule has 4 nitrogen and oxygen atoms in total. The number of rotatable bonds is 4. The van der Waals surface area contributed by atoms with Crippen LogP contribution in [0.15, 0.2) is 18.2 Å². The second-order valence-electron chi connectivity index (χ2n) is 4.22. The molecule has 0 saturated carbocycles. The molecule has 0 bridgehead atoms. The maximum atomic E-state index is 10.9. The molecule has 90 valence electrons. The second-order valence-corrected chi connectivity index (χ2v) is 4.74. The number of nitrogens with two attached hydrogens (primary N) is 1. The minimum Gasteiger partial charge on any atom is -0.478 e. The van der Waals surface area contributed by atoms with Gasteiger partial charge in [0.15, 0.2) is 0 Å². The van der Waals surface area contributed by atoms with E-state index in [2.05, 4.69) is 4.90 Å². The van der Waals surface area contributed by atoms with Crippen molar-refractivity contribution < 1.29 is 9.90 Å². The van der Waals surface area contributed by atoms with Crippen molar-refractivity contribution in [1.29, 1.82) is 0 Å². The number of carbonyl (C=O) groups is 1. The van der Waals surface area contributed by atoms with Gasteiger partial charge >= 0.3 is 5.97 Å². The molecule has 1 aromatic rings. The van der Waals surface area contributed by atoms with Crippen LogP contribution in [-0.4, -0.2) is 27.5 Å². The smallest absolute Gasteiger partial charge is 0.335 e. The van der Waals surface area contributed by atoms with Crippen LogP contribution in [0.25, 0.3) is 0 Å². The maximum Gasteiger partial charge on any atom is 0.335 e. The molecule has 1 aliphatic rings. The topological polar surface area (TPSA) is 66.6 Å². The third-order valence-corrected chi connectivity index (χ3v) is 3.12. The summed E-state index contributed by atoms with van der Waals surface area (Å²) in [5.74, 6) is -0.880. The average Bonchev–Trinajstić information content (AvgIpc) is 2.67. The monoisotopic (exact) mass is 250 g/mol. The lowest BCUT2D eigenvalue weighted by Crippen LogP contribution is -2.22. The fraction of sp³-hybridized carbons (Fsp3) is 0.333. The Bertz CT molecular complexity index is 474. The van der Waals surface area contributed by atoms with E-state index in [0.29, 0.717) is 17.0 Å². The number of hydrogen-bond donors (Lipinski definition) is 2. The molecule has 0 unspecified atom stereocenters. The van der Waals surface area contributed by atoms with Crippen molar-refractivity contribution >= 4 is 23.2 Å². The highest BCUT2D eigenvalue weighted by molar-refractivity contribution is 7.80. The summed E-state index contributed by atoms with van der Waals surface area (Å²) in [5, 5.41) is 8.91. The zero-order chi connectivity index (χ0) is 12.4. The zero-order valence-corrected chi connectivity index (χ0v) is 10.2. The molecule has 1 aliphatic heterocycles. The molecule has 0 aromatic heterocycles. The Balaban J connectivity index is 2.06. The van der Waals surface area contributed by atoms with Gasteiger partial charge in [-0.15, -0.1) is 0 Å². The first-order valence-electron chi connectivity index (χ1n) is 5.42. The molecule has 0 amide bonds. The molecule has 0 spiro atoms. The summed E-state index contributed by atoms with van der Waals surface area (Å²) in [7, 11) is 0. The van der Waals surface area contributed by atoms with Gasteiger partial charge in [0.05, 0.1) is 10.6 Å². The summed E-state index contributed by atoms with van der Waals surface area (Å²) in [6.45, 7) is 2.45. The van der Waals surface area contributed by atoms with E-state index in [0.717, 1.165) is 25.2 Å². The molecule has 1 heterocycles. The van der Waals surface area contributed by atoms with Gasteiger partial charge in [0.2, 0.25) is 0 Å². The lowest BCUT2D eigenvalue weighted by atomic mass is 10.1. The van der Waals surface area contributed by atoms with Gasteiger partial charge in [-0.1, -0.05) is 18.3 Å². The van der Waals surface area contributed by atoms with Crippen LogP contribution in [0.4, 0.5) is 0 Å². The Hall–Kier alpha value is -1.46. The van der Waals surface area contributed by atoms with Crippen LogP contribution >= 0.6 is 12.2 Å². The van der Waals surface area contributed by atoms with Gasteiger partial charge in [0.25, 0.3) is 0 Å². The van der Waals surface area contributed by atoms with E-state index >= 15 is 0 Å². The van der Waals surface area contributed by atoms with Crippen LogP contribution < -0.4 is 5.73 Å². The molecule has 5 heteroatoms. The van der Waals surface area contributed by atoms with Crippen molar-refractivity contribution in [3.05, 3.63) is 34.9 Å². The molecular weight excluding hydrogens is 236 g/mol. The molecule has 0 saturated heterocycles. The lowest BCUT2D eigenvalue weighted by molar-refractivity contribution is 0.0697. The van der Waals surface area contributed by atoms with Crippen LogP contribution in [0, 0.1) is 0 Å². The largest absolute Gasteiger partial charge is 0.478 e. The van der Waals surface area contributed by atoms with Gasteiger partial charge < -0.3 is 10.8 Å². The summed E-state index contributed by atoms with van der Waals surface area (Å²) < 4.78 is 0. The molecule has 0 radical (unpaired) electrons. The highest BCUT2D eigenvalue weighted by atomic mass is 32.1. The Morgan fingerprint density at radius 2 is 2.12 bits per heavy atom. The third kappa shape index (κ3) is 2.81. The first-order chi connectivity index (χ1) is 8.06. The summed E-state index contributed by atoms with van der Waals surface area (Å²) >= 11 is 4.84. The van der Waals surface area contributed by atoms with Crippen LogP contribution in [-0.2, 0) is 13.1 Å². The third-order valence-electron chi connectivity index (χ3n) is 2.92. The highest BCUT2D eigenvalue weighted by Crippen LogP contribution is 2.23. The van der Waals surface area contributed by atoms with E-state index in [4.69, 9.17) is 23.1 Å². The number of nitrogens with zero attached hydrogens (tertiary/aromatic N) is 1. The Kier molecular flexibility index (Phi) is 3.40. The van der Waals surface area contributed by atoms with Gasteiger partial charge in [-0.3, -0.25) is 4.90 Å². The zero-order valence-electron chi connectivity index (χ0n) is 9.35. The van der Waals surface area contributed by atoms with E-state index in [-0.39, 0.29) is 0 Å². The number of thiocarbonyl (C=S) groups is 1. The summed E-state index contributed by atoms with van der Waals surface area (Å²) in [6, 6.07) is 5.29. The Morgan fingerprint density at radius 1 is 1.41 bits per heavy atom. The minimum atomic E-state index is -0.880. The van der Waals surface area contributed by atoms with E-state index in [1.165, 1.54) is 5.56 Å². The van der Waals surface area contributed by atoms with Crippen LogP contribution in [0.2, 0.25) is 0 Å². The van der Waals surface area contributed by atoms with Gasteiger partial charge in [0.1, 0.15) is 0 Å². The second kappa shape index (κ2) is 4.81. The quantitative estimate of drug-likeness (QED) is 0.790. The number of benzene rings is 1. The van der Waals surface area contributed by atoms with Crippen LogP contribution in [0.5, 0.6) is 0 Å². The van der Waals surface area contributed by atoms with Crippen molar-refractivity contribution in [2.75, 3.05) is 6.54 Å². The van der Waals surface area contributed by atoms with Crippen molar-refractivity contribution in [2.45, 2.75) is 19.5 Å². The van der Waals surface area contributed by atoms with E-state index in [1.807, 2.05) is 6.07 Å². The number of carboxylic acid groups (broad SMARTS) is 1. The highest BCUT2D eigenvalue weighted by Gasteiger charge is 2.19. The fourth-order valence-electron chi connectivity index (χ4n) is 2.02. The van der Waals surface area contributed by atoms with Crippen molar-refractivity contribution in [2.24, 2.45) is 5.73 Å². The SMILES string of the molecule is NC(=S)CCN1Cc2ccc(C(=O)O)cc2C1. The Morgan fingerprint density at radius 3 is 2.76 bits per heavy atom. The van der Waals surface area contributed by atoms with E-state index in [9.17, 15) is 4.79 Å². The predicted molar refractivity (Wildman–Crippen MR) is 68.9 cm³/mol. The molecule has 1 aromatic carbocycles. The molecule has 2 rings (SSSR count). The number of fused-ring (bicyclic) bond motifs is 1. The summed E-state index contributed by atoms with van der Waals surface area (Å²) in [6.07, 6.45) is 0.703. The molecule has 0 fully saturated rings. The normalized spacial score (nSPS) is 14.6. The maximum absolute atomic E-state index is 10.9. The van der Waals surface area contributed by atoms with Gasteiger partial charge in [-0.2, -0.15) is 0 Å². The number of hydrogen-bond acceptors (Lipinski definition) is 3. The predicted octanol–water partition coefficient (Wildman–Crippen LogP) is 1.38. The Labute approximate surface area is 105 Å². The minimum absolute atomic E-state index is 0.347. The standard InChI is InChI=1S/C12H14N2O2S/c13-11(17)3-4-14-6-9-2-1-8(12(15)16)5-10(9)7-14/h1-2,5H,3-4,6-7H2,(H2,13,17)(H,15,16). The summed E-state index contributed by atoms with van der Waals surface area (Å²) in [5.41, 5.74) is 8.10. The molecular formula is C12H14N2O2S. The molecule has 0 aliphatic carbocycles. The van der Waals surface area contributed by atoms with Crippen molar-refractivity contribution in [3.8, 4) is 0 Å².